The van der Waals surface area contributed by atoms with E-state index in [-0.39, 0.29) is 19.3 Å². The van der Waals surface area contributed by atoms with E-state index in [2.05, 4.69) is 0 Å². The number of nitrogens with zero attached hydrogens (tertiary/aromatic N) is 1. The van der Waals surface area contributed by atoms with E-state index in [1.54, 1.807) is 20.8 Å². The molecule has 17 heavy (non-hydrogen) atoms. The summed E-state index contributed by atoms with van der Waals surface area (Å²) < 4.78 is 31.9. The predicted octanol–water partition coefficient (Wildman–Crippen LogP) is 2.08. The summed E-state index contributed by atoms with van der Waals surface area (Å²) in [6.07, 6.45) is -0.538. The van der Waals surface area contributed by atoms with Gasteiger partial charge in [0.2, 0.25) is 0 Å². The van der Waals surface area contributed by atoms with Crippen LogP contribution < -0.4 is 0 Å². The first kappa shape index (κ1) is 13.9. The molecular formula is C11H17F2NO3. The second kappa shape index (κ2) is 4.58. The zero-order chi connectivity index (χ0) is 13.3. The van der Waals surface area contributed by atoms with Crippen LogP contribution in [0, 0.1) is 5.92 Å². The number of likely N-dealkylation sites (tertiary alicyclic amines) is 1. The van der Waals surface area contributed by atoms with E-state index in [9.17, 15) is 18.4 Å². The van der Waals surface area contributed by atoms with Gasteiger partial charge in [-0.05, 0) is 27.2 Å². The van der Waals surface area contributed by atoms with Gasteiger partial charge in [0, 0.05) is 6.54 Å². The number of carbonyl (C=O) groups excluding carboxylic acids is 2. The van der Waals surface area contributed by atoms with Crippen LogP contribution >= 0.6 is 0 Å². The third-order valence-electron chi connectivity index (χ3n) is 2.47. The van der Waals surface area contributed by atoms with Crippen LogP contribution in [0.1, 0.15) is 27.2 Å². The summed E-state index contributed by atoms with van der Waals surface area (Å²) in [5.41, 5.74) is -0.714. The smallest absolute Gasteiger partial charge is 0.410 e. The molecule has 0 N–H and O–H groups in total. The van der Waals surface area contributed by atoms with Crippen molar-refractivity contribution >= 4 is 12.4 Å². The number of rotatable bonds is 1. The fourth-order valence-electron chi connectivity index (χ4n) is 1.61. The first-order valence-electron chi connectivity index (χ1n) is 5.47. The number of hydrogen-bond donors (Lipinski definition) is 0. The minimum Gasteiger partial charge on any atom is -0.444 e. The molecule has 1 rings (SSSR count). The number of ether oxygens (including phenoxy) is 1. The molecule has 1 aliphatic heterocycles. The Morgan fingerprint density at radius 3 is 2.47 bits per heavy atom. The average molecular weight is 249 g/mol. The zero-order valence-electron chi connectivity index (χ0n) is 10.2. The van der Waals surface area contributed by atoms with Crippen molar-refractivity contribution < 1.29 is 23.1 Å². The fourth-order valence-corrected chi connectivity index (χ4v) is 1.61. The minimum atomic E-state index is -3.17. The summed E-state index contributed by atoms with van der Waals surface area (Å²) in [5, 5.41) is 0. The third-order valence-corrected chi connectivity index (χ3v) is 2.47. The number of carbonyl (C=O) groups is 2. The summed E-state index contributed by atoms with van der Waals surface area (Å²) in [7, 11) is 0. The Kier molecular flexibility index (Phi) is 3.74. The van der Waals surface area contributed by atoms with Crippen LogP contribution in [0.4, 0.5) is 13.6 Å². The normalized spacial score (nSPS) is 24.3. The number of alkyl halides is 2. The van der Waals surface area contributed by atoms with Gasteiger partial charge in [-0.25, -0.2) is 13.6 Å². The zero-order valence-corrected chi connectivity index (χ0v) is 10.2. The van der Waals surface area contributed by atoms with Crippen LogP contribution in [-0.2, 0) is 9.53 Å². The first-order chi connectivity index (χ1) is 7.65. The SMILES string of the molecule is CC(C)(C)OC(=O)N1CCC(C=O)C(F)(F)C1. The molecule has 1 atom stereocenters. The second-order valence-corrected chi connectivity index (χ2v) is 5.19. The second-order valence-electron chi connectivity index (χ2n) is 5.19. The Balaban J connectivity index is 2.65. The average Bonchev–Trinajstić information content (AvgIpc) is 2.13. The van der Waals surface area contributed by atoms with Gasteiger partial charge in [-0.15, -0.1) is 0 Å². The third kappa shape index (κ3) is 3.64. The maximum Gasteiger partial charge on any atom is 0.410 e. The molecule has 4 nitrogen and oxygen atoms in total. The summed E-state index contributed by atoms with van der Waals surface area (Å²) >= 11 is 0. The Morgan fingerprint density at radius 2 is 2.06 bits per heavy atom. The molecule has 0 aromatic rings. The minimum absolute atomic E-state index is 0.0320. The summed E-state index contributed by atoms with van der Waals surface area (Å²) in [4.78, 5) is 23.0. The maximum atomic E-state index is 13.4. The van der Waals surface area contributed by atoms with E-state index in [1.807, 2.05) is 0 Å². The van der Waals surface area contributed by atoms with E-state index in [1.165, 1.54) is 0 Å². The predicted molar refractivity (Wildman–Crippen MR) is 56.9 cm³/mol. The Bertz CT molecular complexity index is 312. The Morgan fingerprint density at radius 1 is 1.47 bits per heavy atom. The van der Waals surface area contributed by atoms with Crippen molar-refractivity contribution in [2.45, 2.75) is 38.7 Å². The van der Waals surface area contributed by atoms with Crippen LogP contribution in [0.15, 0.2) is 0 Å². The quantitative estimate of drug-likeness (QED) is 0.668. The van der Waals surface area contributed by atoms with Gasteiger partial charge in [0.25, 0.3) is 5.92 Å². The van der Waals surface area contributed by atoms with Crippen molar-refractivity contribution in [3.05, 3.63) is 0 Å². The summed E-state index contributed by atoms with van der Waals surface area (Å²) in [6.45, 7) is 4.36. The number of halogens is 2. The van der Waals surface area contributed by atoms with E-state index in [0.29, 0.717) is 0 Å². The monoisotopic (exact) mass is 249 g/mol. The van der Waals surface area contributed by atoms with Crippen LogP contribution in [0.3, 0.4) is 0 Å². The van der Waals surface area contributed by atoms with Crippen LogP contribution in [0.5, 0.6) is 0 Å². The van der Waals surface area contributed by atoms with Gasteiger partial charge in [0.05, 0.1) is 12.5 Å². The van der Waals surface area contributed by atoms with Gasteiger partial charge < -0.3 is 14.4 Å². The van der Waals surface area contributed by atoms with Gasteiger partial charge in [-0.3, -0.25) is 0 Å². The van der Waals surface area contributed by atoms with Crippen LogP contribution in [0.2, 0.25) is 0 Å². The molecule has 98 valence electrons. The highest BCUT2D eigenvalue weighted by atomic mass is 19.3. The molecule has 1 saturated heterocycles. The van der Waals surface area contributed by atoms with Crippen molar-refractivity contribution in [1.29, 1.82) is 0 Å². The van der Waals surface area contributed by atoms with Crippen molar-refractivity contribution in [2.24, 2.45) is 5.92 Å². The topological polar surface area (TPSA) is 46.6 Å². The number of piperidine rings is 1. The summed E-state index contributed by atoms with van der Waals surface area (Å²) in [5.74, 6) is -4.47. The Labute approximate surface area is 98.9 Å². The highest BCUT2D eigenvalue weighted by molar-refractivity contribution is 5.69. The summed E-state index contributed by atoms with van der Waals surface area (Å²) in [6, 6.07) is 0. The first-order valence-corrected chi connectivity index (χ1v) is 5.47. The highest BCUT2D eigenvalue weighted by Gasteiger charge is 2.46. The van der Waals surface area contributed by atoms with E-state index >= 15 is 0 Å². The van der Waals surface area contributed by atoms with Gasteiger partial charge in [0.15, 0.2) is 0 Å². The largest absolute Gasteiger partial charge is 0.444 e. The standard InChI is InChI=1S/C11H17F2NO3/c1-10(2,3)17-9(16)14-5-4-8(6-15)11(12,13)7-14/h6,8H,4-5,7H2,1-3H3. The molecule has 1 heterocycles. The van der Waals surface area contributed by atoms with Gasteiger partial charge in [-0.2, -0.15) is 0 Å². The molecule has 0 bridgehead atoms. The van der Waals surface area contributed by atoms with E-state index in [4.69, 9.17) is 4.74 Å². The molecule has 1 unspecified atom stereocenters. The number of amides is 1. The lowest BCUT2D eigenvalue weighted by molar-refractivity contribution is -0.137. The van der Waals surface area contributed by atoms with Crippen LogP contribution in [-0.4, -0.2) is 41.9 Å². The molecule has 0 aromatic heterocycles. The molecule has 0 aromatic carbocycles. The maximum absolute atomic E-state index is 13.4. The van der Waals surface area contributed by atoms with Gasteiger partial charge in [0.1, 0.15) is 11.9 Å². The van der Waals surface area contributed by atoms with Crippen LogP contribution in [0.25, 0.3) is 0 Å². The lowest BCUT2D eigenvalue weighted by atomic mass is 9.95. The van der Waals surface area contributed by atoms with Gasteiger partial charge in [-0.1, -0.05) is 0 Å². The highest BCUT2D eigenvalue weighted by Crippen LogP contribution is 2.32. The molecule has 1 amide bonds. The fraction of sp³-hybridized carbons (Fsp3) is 0.818. The van der Waals surface area contributed by atoms with Gasteiger partial charge >= 0.3 is 6.09 Å². The lowest BCUT2D eigenvalue weighted by Gasteiger charge is -2.36. The molecule has 1 aliphatic rings. The molecule has 1 fully saturated rings. The van der Waals surface area contributed by atoms with Crippen molar-refractivity contribution in [3.8, 4) is 0 Å². The molecule has 0 radical (unpaired) electrons. The lowest BCUT2D eigenvalue weighted by Crippen LogP contribution is -2.52. The molecule has 0 spiro atoms. The van der Waals surface area contributed by atoms with Crippen molar-refractivity contribution in [3.63, 3.8) is 0 Å². The van der Waals surface area contributed by atoms with E-state index < -0.39 is 30.1 Å². The molecule has 0 aliphatic carbocycles. The van der Waals surface area contributed by atoms with E-state index in [0.717, 1.165) is 4.90 Å². The molecule has 6 heteroatoms. The Hall–Kier alpha value is -1.20. The molecule has 0 saturated carbocycles. The van der Waals surface area contributed by atoms with Crippen molar-refractivity contribution in [2.75, 3.05) is 13.1 Å². The number of hydrogen-bond acceptors (Lipinski definition) is 3. The van der Waals surface area contributed by atoms with Crippen molar-refractivity contribution in [1.82, 2.24) is 4.90 Å². The number of aldehydes is 1. The molecular weight excluding hydrogens is 232 g/mol.